The van der Waals surface area contributed by atoms with Gasteiger partial charge >= 0.3 is 6.18 Å². The molecule has 32 heavy (non-hydrogen) atoms. The number of carbonyl (C=O) groups excluding carboxylic acids is 1. The van der Waals surface area contributed by atoms with Gasteiger partial charge in [-0.1, -0.05) is 25.1 Å². The molecule has 0 atom stereocenters. The van der Waals surface area contributed by atoms with Crippen LogP contribution in [0.2, 0.25) is 0 Å². The number of hydrogen-bond donors (Lipinski definition) is 1. The summed E-state index contributed by atoms with van der Waals surface area (Å²) in [5.74, 6) is -0.831. The number of rotatable bonds is 4. The lowest BCUT2D eigenvalue weighted by Gasteiger charge is -2.35. The minimum atomic E-state index is -4.69. The number of pyridine rings is 1. The first-order valence-corrected chi connectivity index (χ1v) is 10.6. The third-order valence-electron chi connectivity index (χ3n) is 5.95. The second-order valence-corrected chi connectivity index (χ2v) is 7.94. The quantitative estimate of drug-likeness (QED) is 0.621. The number of aryl methyl sites for hydroxylation is 1. The molecule has 1 fully saturated rings. The Bertz CT molecular complexity index is 1140. The zero-order chi connectivity index (χ0) is 22.9. The maximum Gasteiger partial charge on any atom is 0.417 e. The van der Waals surface area contributed by atoms with Crippen LogP contribution in [0.1, 0.15) is 28.4 Å². The fourth-order valence-electron chi connectivity index (χ4n) is 4.12. The normalized spacial score (nSPS) is 15.2. The summed E-state index contributed by atoms with van der Waals surface area (Å²) in [5, 5.41) is 2.55. The van der Waals surface area contributed by atoms with E-state index in [1.54, 1.807) is 12.1 Å². The maximum absolute atomic E-state index is 13.9. The molecule has 8 heteroatoms. The van der Waals surface area contributed by atoms with Crippen LogP contribution in [-0.2, 0) is 6.18 Å². The highest BCUT2D eigenvalue weighted by atomic mass is 19.4. The largest absolute Gasteiger partial charge is 0.417 e. The summed E-state index contributed by atoms with van der Waals surface area (Å²) in [4.78, 5) is 21.6. The number of halogens is 3. The average molecular weight is 442 g/mol. The molecule has 0 unspecified atom stereocenters. The summed E-state index contributed by atoms with van der Waals surface area (Å²) in [6, 6.07) is 11.5. The summed E-state index contributed by atoms with van der Waals surface area (Å²) < 4.78 is 41.6. The summed E-state index contributed by atoms with van der Waals surface area (Å²) in [7, 11) is 0. The molecule has 168 valence electrons. The van der Waals surface area contributed by atoms with Crippen molar-refractivity contribution in [2.24, 2.45) is 0 Å². The number of benzene rings is 2. The number of likely N-dealkylation sites (N-methyl/N-ethyl adjacent to an activating group) is 1. The molecule has 2 aromatic carbocycles. The van der Waals surface area contributed by atoms with E-state index < -0.39 is 23.2 Å². The van der Waals surface area contributed by atoms with Crippen molar-refractivity contribution in [1.29, 1.82) is 0 Å². The number of para-hydroxylation sites is 1. The van der Waals surface area contributed by atoms with Crippen molar-refractivity contribution >= 4 is 28.2 Å². The fourth-order valence-corrected chi connectivity index (χ4v) is 4.12. The van der Waals surface area contributed by atoms with E-state index >= 15 is 0 Å². The van der Waals surface area contributed by atoms with Gasteiger partial charge in [0.2, 0.25) is 0 Å². The van der Waals surface area contributed by atoms with Crippen LogP contribution in [0, 0.1) is 6.92 Å². The lowest BCUT2D eigenvalue weighted by molar-refractivity contribution is -0.136. The Labute approximate surface area is 184 Å². The molecular weight excluding hydrogens is 417 g/mol. The fraction of sp³-hybridized carbons (Fsp3) is 0.333. The van der Waals surface area contributed by atoms with Crippen molar-refractivity contribution in [3.63, 3.8) is 0 Å². The van der Waals surface area contributed by atoms with Crippen LogP contribution in [-0.4, -0.2) is 48.5 Å². The predicted molar refractivity (Wildman–Crippen MR) is 120 cm³/mol. The van der Waals surface area contributed by atoms with Gasteiger partial charge in [-0.05, 0) is 43.3 Å². The number of fused-ring (bicyclic) bond motifs is 1. The Hall–Kier alpha value is -3.13. The summed E-state index contributed by atoms with van der Waals surface area (Å²) in [5.41, 5.74) is 1.04. The van der Waals surface area contributed by atoms with Gasteiger partial charge in [0.05, 0.1) is 16.6 Å². The minimum Gasteiger partial charge on any atom is -0.369 e. The van der Waals surface area contributed by atoms with Gasteiger partial charge in [0.1, 0.15) is 0 Å². The van der Waals surface area contributed by atoms with Gasteiger partial charge in [0.15, 0.2) is 0 Å². The van der Waals surface area contributed by atoms with Gasteiger partial charge in [0.25, 0.3) is 5.91 Å². The van der Waals surface area contributed by atoms with Crippen LogP contribution in [0.3, 0.4) is 0 Å². The number of anilines is 2. The number of amides is 1. The number of piperazine rings is 1. The second kappa shape index (κ2) is 8.78. The van der Waals surface area contributed by atoms with Crippen LogP contribution in [0.5, 0.6) is 0 Å². The lowest BCUT2D eigenvalue weighted by Crippen LogP contribution is -2.46. The first-order chi connectivity index (χ1) is 15.3. The molecule has 0 bridgehead atoms. The van der Waals surface area contributed by atoms with Gasteiger partial charge < -0.3 is 15.1 Å². The Morgan fingerprint density at radius 1 is 1.09 bits per heavy atom. The number of alkyl halides is 3. The number of aromatic nitrogens is 1. The van der Waals surface area contributed by atoms with E-state index in [9.17, 15) is 18.0 Å². The van der Waals surface area contributed by atoms with Crippen molar-refractivity contribution in [1.82, 2.24) is 9.88 Å². The average Bonchev–Trinajstić information content (AvgIpc) is 2.79. The van der Waals surface area contributed by atoms with Crippen LogP contribution < -0.4 is 10.2 Å². The van der Waals surface area contributed by atoms with Crippen molar-refractivity contribution in [3.05, 3.63) is 65.4 Å². The van der Waals surface area contributed by atoms with Gasteiger partial charge in [-0.15, -0.1) is 0 Å². The molecule has 1 aromatic heterocycles. The summed E-state index contributed by atoms with van der Waals surface area (Å²) in [6.07, 6.45) is -3.69. The monoisotopic (exact) mass is 442 g/mol. The zero-order valence-electron chi connectivity index (χ0n) is 18.0. The van der Waals surface area contributed by atoms with Crippen molar-refractivity contribution in [2.45, 2.75) is 20.0 Å². The van der Waals surface area contributed by atoms with E-state index in [0.717, 1.165) is 50.2 Å². The molecule has 2 heterocycles. The summed E-state index contributed by atoms with van der Waals surface area (Å²) in [6.45, 7) is 8.82. The number of nitrogens with zero attached hydrogens (tertiary/aromatic N) is 3. The molecular formula is C24H25F3N4O. The molecule has 0 spiro atoms. The van der Waals surface area contributed by atoms with Gasteiger partial charge in [-0.3, -0.25) is 9.78 Å². The van der Waals surface area contributed by atoms with Crippen LogP contribution in [0.25, 0.3) is 10.9 Å². The molecule has 1 saturated heterocycles. The number of hydrogen-bond acceptors (Lipinski definition) is 4. The molecule has 1 aliphatic rings. The van der Waals surface area contributed by atoms with Gasteiger partial charge in [-0.25, -0.2) is 0 Å². The Kier molecular flexibility index (Phi) is 6.06. The first-order valence-electron chi connectivity index (χ1n) is 10.6. The summed E-state index contributed by atoms with van der Waals surface area (Å²) >= 11 is 0. The molecule has 5 nitrogen and oxygen atoms in total. The smallest absolute Gasteiger partial charge is 0.369 e. The SMILES string of the molecule is CCN1CCN(c2ccc(NC(=O)c3cnc4ccccc4c3C(F)(F)F)c(C)c2)CC1. The van der Waals surface area contributed by atoms with E-state index in [4.69, 9.17) is 0 Å². The third-order valence-corrected chi connectivity index (χ3v) is 5.95. The van der Waals surface area contributed by atoms with Crippen LogP contribution in [0.4, 0.5) is 24.5 Å². The maximum atomic E-state index is 13.9. The predicted octanol–water partition coefficient (Wildman–Crippen LogP) is 4.96. The molecule has 4 rings (SSSR count). The van der Waals surface area contributed by atoms with Crippen molar-refractivity contribution < 1.29 is 18.0 Å². The molecule has 0 radical (unpaired) electrons. The Morgan fingerprint density at radius 3 is 2.47 bits per heavy atom. The number of carbonyl (C=O) groups is 1. The van der Waals surface area contributed by atoms with E-state index in [-0.39, 0.29) is 10.9 Å². The highest BCUT2D eigenvalue weighted by molar-refractivity contribution is 6.08. The third kappa shape index (κ3) is 4.41. The van der Waals surface area contributed by atoms with E-state index in [1.807, 2.05) is 19.1 Å². The molecule has 1 amide bonds. The Morgan fingerprint density at radius 2 is 1.81 bits per heavy atom. The molecule has 0 aliphatic carbocycles. The van der Waals surface area contributed by atoms with Crippen LogP contribution >= 0.6 is 0 Å². The lowest BCUT2D eigenvalue weighted by atomic mass is 10.0. The minimum absolute atomic E-state index is 0.0917. The number of nitrogens with one attached hydrogen (secondary N) is 1. The highest BCUT2D eigenvalue weighted by Crippen LogP contribution is 2.37. The van der Waals surface area contributed by atoms with Crippen LogP contribution in [0.15, 0.2) is 48.7 Å². The molecule has 0 saturated carbocycles. The van der Waals surface area contributed by atoms with E-state index in [1.165, 1.54) is 18.2 Å². The van der Waals surface area contributed by atoms with Gasteiger partial charge in [-0.2, -0.15) is 13.2 Å². The van der Waals surface area contributed by atoms with E-state index in [2.05, 4.69) is 27.0 Å². The highest BCUT2D eigenvalue weighted by Gasteiger charge is 2.37. The second-order valence-electron chi connectivity index (χ2n) is 7.94. The standard InChI is InChI=1S/C24H25F3N4O/c1-3-30-10-12-31(13-11-30)17-8-9-20(16(2)14-17)29-23(32)19-15-28-21-7-5-4-6-18(21)22(19)24(25,26)27/h4-9,14-15H,3,10-13H2,1-2H3,(H,29,32). The zero-order valence-corrected chi connectivity index (χ0v) is 18.0. The molecule has 1 aliphatic heterocycles. The topological polar surface area (TPSA) is 48.5 Å². The van der Waals surface area contributed by atoms with Crippen molar-refractivity contribution in [3.8, 4) is 0 Å². The first kappa shape index (κ1) is 22.1. The van der Waals surface area contributed by atoms with Crippen molar-refractivity contribution in [2.75, 3.05) is 42.9 Å². The molecule has 3 aromatic rings. The van der Waals surface area contributed by atoms with E-state index in [0.29, 0.717) is 5.69 Å². The Balaban J connectivity index is 1.59. The van der Waals surface area contributed by atoms with Gasteiger partial charge in [0, 0.05) is 49.1 Å². The molecule has 1 N–H and O–H groups in total.